The van der Waals surface area contributed by atoms with Gasteiger partial charge >= 0.3 is 0 Å². The van der Waals surface area contributed by atoms with Gasteiger partial charge in [0.1, 0.15) is 5.75 Å². The third kappa shape index (κ3) is 8.38. The molecule has 34 heavy (non-hydrogen) atoms. The van der Waals surface area contributed by atoms with Crippen LogP contribution in [0.3, 0.4) is 0 Å². The molecular weight excluding hydrogens is 420 g/mol. The predicted octanol–water partition coefficient (Wildman–Crippen LogP) is 7.80. The normalized spacial score (nSPS) is 13.1. The summed E-state index contributed by atoms with van der Waals surface area (Å²) in [5.74, 6) is 1.08. The van der Waals surface area contributed by atoms with Gasteiger partial charge in [0.05, 0.1) is 0 Å². The first-order chi connectivity index (χ1) is 15.7. The molecule has 3 N–H and O–H groups in total. The van der Waals surface area contributed by atoms with E-state index < -0.39 is 0 Å². The molecule has 1 unspecified atom stereocenters. The molecule has 0 saturated heterocycles. The quantitative estimate of drug-likeness (QED) is 0.353. The number of hydrogen-bond acceptors (Lipinski definition) is 3. The molecule has 4 nitrogen and oxygen atoms in total. The summed E-state index contributed by atoms with van der Waals surface area (Å²) in [5.41, 5.74) is 4.47. The highest BCUT2D eigenvalue weighted by atomic mass is 16.3. The lowest BCUT2D eigenvalue weighted by atomic mass is 9.78. The van der Waals surface area contributed by atoms with Crippen LogP contribution in [-0.4, -0.2) is 17.1 Å². The van der Waals surface area contributed by atoms with E-state index in [1.165, 1.54) is 6.42 Å². The highest BCUT2D eigenvalue weighted by molar-refractivity contribution is 5.91. The van der Waals surface area contributed by atoms with E-state index in [9.17, 15) is 9.90 Å². The van der Waals surface area contributed by atoms with E-state index in [4.69, 9.17) is 0 Å². The minimum absolute atomic E-state index is 0.00583. The summed E-state index contributed by atoms with van der Waals surface area (Å²) in [5, 5.41) is 17.5. The molecule has 0 heterocycles. The standard InChI is InChI=1S/C30H46N2O2/c1-20(2)10-11-21(3)31-23-13-15-24(16-14-23)32-27(33)17-12-22-18-25(29(4,5)6)28(34)26(19-22)30(7,8)9/h13-16,18-21,31,34H,10-12,17H2,1-9H3,(H,32,33). The second-order valence-electron chi connectivity index (χ2n) is 12.2. The number of phenolic OH excluding ortho intramolecular Hbond substituents is 1. The van der Waals surface area contributed by atoms with E-state index >= 15 is 0 Å². The van der Waals surface area contributed by atoms with Crippen molar-refractivity contribution in [2.24, 2.45) is 5.92 Å². The van der Waals surface area contributed by atoms with Crippen molar-refractivity contribution < 1.29 is 9.90 Å². The molecule has 2 rings (SSSR count). The lowest BCUT2D eigenvalue weighted by molar-refractivity contribution is -0.116. The summed E-state index contributed by atoms with van der Waals surface area (Å²) >= 11 is 0. The number of aromatic hydroxyl groups is 1. The van der Waals surface area contributed by atoms with Gasteiger partial charge in [0.2, 0.25) is 5.91 Å². The zero-order chi connectivity index (χ0) is 25.7. The summed E-state index contributed by atoms with van der Waals surface area (Å²) in [6.45, 7) is 19.3. The number of rotatable bonds is 9. The fraction of sp³-hybridized carbons (Fsp3) is 0.567. The lowest BCUT2D eigenvalue weighted by Gasteiger charge is -2.28. The van der Waals surface area contributed by atoms with Crippen molar-refractivity contribution in [2.45, 2.75) is 105 Å². The zero-order valence-corrected chi connectivity index (χ0v) is 22.8. The maximum Gasteiger partial charge on any atom is 0.224 e. The van der Waals surface area contributed by atoms with Gasteiger partial charge in [-0.1, -0.05) is 67.5 Å². The molecule has 0 fully saturated rings. The minimum Gasteiger partial charge on any atom is -0.507 e. The largest absolute Gasteiger partial charge is 0.507 e. The van der Waals surface area contributed by atoms with Crippen LogP contribution in [0.2, 0.25) is 0 Å². The summed E-state index contributed by atoms with van der Waals surface area (Å²) in [4.78, 5) is 12.7. The number of aryl methyl sites for hydroxylation is 1. The Balaban J connectivity index is 2.01. The average Bonchev–Trinajstić information content (AvgIpc) is 2.71. The van der Waals surface area contributed by atoms with Crippen LogP contribution in [0.1, 0.15) is 98.3 Å². The Morgan fingerprint density at radius 2 is 1.35 bits per heavy atom. The average molecular weight is 467 g/mol. The van der Waals surface area contributed by atoms with E-state index in [0.717, 1.165) is 34.5 Å². The van der Waals surface area contributed by atoms with Gasteiger partial charge in [0.25, 0.3) is 0 Å². The summed E-state index contributed by atoms with van der Waals surface area (Å²) in [7, 11) is 0. The Morgan fingerprint density at radius 3 is 1.82 bits per heavy atom. The molecule has 0 aliphatic heterocycles. The Kier molecular flexibility index (Phi) is 9.22. The summed E-state index contributed by atoms with van der Waals surface area (Å²) < 4.78 is 0. The van der Waals surface area contributed by atoms with Crippen molar-refractivity contribution in [3.8, 4) is 5.75 Å². The van der Waals surface area contributed by atoms with Gasteiger partial charge in [-0.15, -0.1) is 0 Å². The van der Waals surface area contributed by atoms with Crippen LogP contribution in [0.5, 0.6) is 5.75 Å². The van der Waals surface area contributed by atoms with Gasteiger partial charge in [0.15, 0.2) is 0 Å². The minimum atomic E-state index is -0.176. The highest BCUT2D eigenvalue weighted by Gasteiger charge is 2.26. The van der Waals surface area contributed by atoms with Crippen LogP contribution < -0.4 is 10.6 Å². The number of benzene rings is 2. The number of phenols is 1. The van der Waals surface area contributed by atoms with Crippen LogP contribution in [0, 0.1) is 5.92 Å². The molecular formula is C30H46N2O2. The Hall–Kier alpha value is -2.49. The van der Waals surface area contributed by atoms with Crippen LogP contribution >= 0.6 is 0 Å². The van der Waals surface area contributed by atoms with E-state index in [1.54, 1.807) is 0 Å². The number of amides is 1. The molecule has 2 aromatic rings. The Labute approximate surface area is 207 Å². The van der Waals surface area contributed by atoms with Crippen molar-refractivity contribution in [2.75, 3.05) is 10.6 Å². The second-order valence-corrected chi connectivity index (χ2v) is 12.2. The first-order valence-electron chi connectivity index (χ1n) is 12.7. The maximum absolute atomic E-state index is 12.7. The van der Waals surface area contributed by atoms with Gasteiger partial charge in [-0.3, -0.25) is 4.79 Å². The molecule has 0 aliphatic rings. The van der Waals surface area contributed by atoms with E-state index in [-0.39, 0.29) is 16.7 Å². The molecule has 0 saturated carbocycles. The van der Waals surface area contributed by atoms with Crippen LogP contribution in [0.4, 0.5) is 11.4 Å². The maximum atomic E-state index is 12.7. The number of carbonyl (C=O) groups is 1. The van der Waals surface area contributed by atoms with Gasteiger partial charge in [-0.25, -0.2) is 0 Å². The molecule has 0 aliphatic carbocycles. The monoisotopic (exact) mass is 466 g/mol. The van der Waals surface area contributed by atoms with E-state index in [1.807, 2.05) is 24.3 Å². The molecule has 1 atom stereocenters. The van der Waals surface area contributed by atoms with Crippen molar-refractivity contribution in [1.82, 2.24) is 0 Å². The van der Waals surface area contributed by atoms with Crippen molar-refractivity contribution >= 4 is 17.3 Å². The molecule has 188 valence electrons. The molecule has 0 radical (unpaired) electrons. The van der Waals surface area contributed by atoms with Gasteiger partial charge < -0.3 is 15.7 Å². The predicted molar refractivity (Wildman–Crippen MR) is 146 cm³/mol. The van der Waals surface area contributed by atoms with E-state index in [2.05, 4.69) is 85.1 Å². The summed E-state index contributed by atoms with van der Waals surface area (Å²) in [6.07, 6.45) is 3.37. The Bertz CT molecular complexity index is 912. The van der Waals surface area contributed by atoms with Crippen molar-refractivity contribution in [3.63, 3.8) is 0 Å². The summed E-state index contributed by atoms with van der Waals surface area (Å²) in [6, 6.07) is 12.5. The fourth-order valence-corrected chi connectivity index (χ4v) is 4.05. The van der Waals surface area contributed by atoms with Gasteiger partial charge in [0, 0.05) is 23.8 Å². The number of anilines is 2. The Morgan fingerprint density at radius 1 is 0.853 bits per heavy atom. The zero-order valence-electron chi connectivity index (χ0n) is 22.8. The van der Waals surface area contributed by atoms with E-state index in [0.29, 0.717) is 30.6 Å². The van der Waals surface area contributed by atoms with Gasteiger partial charge in [-0.2, -0.15) is 0 Å². The molecule has 0 aromatic heterocycles. The van der Waals surface area contributed by atoms with Crippen LogP contribution in [-0.2, 0) is 22.0 Å². The highest BCUT2D eigenvalue weighted by Crippen LogP contribution is 2.40. The number of nitrogens with one attached hydrogen (secondary N) is 2. The third-order valence-corrected chi connectivity index (χ3v) is 6.19. The van der Waals surface area contributed by atoms with Gasteiger partial charge in [-0.05, 0) is 83.9 Å². The second kappa shape index (κ2) is 11.3. The van der Waals surface area contributed by atoms with Crippen molar-refractivity contribution in [1.29, 1.82) is 0 Å². The topological polar surface area (TPSA) is 61.4 Å². The first kappa shape index (κ1) is 27.8. The SMILES string of the molecule is CC(C)CCC(C)Nc1ccc(NC(=O)CCc2cc(C(C)(C)C)c(O)c(C(C)(C)C)c2)cc1. The third-order valence-electron chi connectivity index (χ3n) is 6.19. The molecule has 1 amide bonds. The van der Waals surface area contributed by atoms with Crippen molar-refractivity contribution in [3.05, 3.63) is 53.1 Å². The molecule has 0 bridgehead atoms. The number of hydrogen-bond donors (Lipinski definition) is 3. The molecule has 4 heteroatoms. The first-order valence-corrected chi connectivity index (χ1v) is 12.7. The fourth-order valence-electron chi connectivity index (χ4n) is 4.05. The lowest BCUT2D eigenvalue weighted by Crippen LogP contribution is -2.18. The molecule has 2 aromatic carbocycles. The number of carbonyl (C=O) groups excluding carboxylic acids is 1. The smallest absolute Gasteiger partial charge is 0.224 e. The van der Waals surface area contributed by atoms with Crippen LogP contribution in [0.25, 0.3) is 0 Å². The van der Waals surface area contributed by atoms with Crippen LogP contribution in [0.15, 0.2) is 36.4 Å². The molecule has 0 spiro atoms.